The highest BCUT2D eigenvalue weighted by atomic mass is 15.1. The maximum Gasteiger partial charge on any atom is 0.131 e. The van der Waals surface area contributed by atoms with Gasteiger partial charge >= 0.3 is 0 Å². The van der Waals surface area contributed by atoms with E-state index < -0.39 is 0 Å². The Kier molecular flexibility index (Phi) is 2.46. The Hall–Kier alpha value is -1.09. The first-order chi connectivity index (χ1) is 7.38. The van der Waals surface area contributed by atoms with E-state index in [1.807, 2.05) is 26.4 Å². The second kappa shape index (κ2) is 3.45. The minimum atomic E-state index is -0.0409. The van der Waals surface area contributed by atoms with E-state index in [4.69, 9.17) is 5.73 Å². The zero-order valence-electron chi connectivity index (χ0n) is 10.6. The predicted molar refractivity (Wildman–Crippen MR) is 67.7 cm³/mol. The van der Waals surface area contributed by atoms with Crippen LogP contribution in [0.1, 0.15) is 32.3 Å². The van der Waals surface area contributed by atoms with Crippen LogP contribution in [0.25, 0.3) is 0 Å². The Morgan fingerprint density at radius 1 is 1.38 bits per heavy atom. The summed E-state index contributed by atoms with van der Waals surface area (Å²) in [6.45, 7) is 4.45. The zero-order valence-corrected chi connectivity index (χ0v) is 10.6. The van der Waals surface area contributed by atoms with Crippen LogP contribution in [-0.4, -0.2) is 24.6 Å². The molecule has 0 saturated heterocycles. The second-order valence-electron chi connectivity index (χ2n) is 5.55. The molecule has 2 N–H and O–H groups in total. The van der Waals surface area contributed by atoms with Crippen molar-refractivity contribution in [3.8, 4) is 0 Å². The largest absolute Gasteiger partial charge is 0.363 e. The fourth-order valence-corrected chi connectivity index (χ4v) is 2.27. The van der Waals surface area contributed by atoms with Gasteiger partial charge in [0.1, 0.15) is 5.82 Å². The molecule has 3 nitrogen and oxygen atoms in total. The minimum absolute atomic E-state index is 0.0130. The van der Waals surface area contributed by atoms with Crippen LogP contribution in [0.2, 0.25) is 0 Å². The van der Waals surface area contributed by atoms with Crippen LogP contribution in [0.4, 0.5) is 5.82 Å². The van der Waals surface area contributed by atoms with Gasteiger partial charge in [-0.2, -0.15) is 0 Å². The van der Waals surface area contributed by atoms with Crippen molar-refractivity contribution >= 4 is 5.82 Å². The van der Waals surface area contributed by atoms with Gasteiger partial charge in [-0.15, -0.1) is 0 Å². The minimum Gasteiger partial charge on any atom is -0.363 e. The molecule has 1 aliphatic rings. The van der Waals surface area contributed by atoms with E-state index in [1.54, 1.807) is 0 Å². The number of nitrogens with zero attached hydrogens (tertiary/aromatic N) is 2. The Morgan fingerprint density at radius 2 is 2.00 bits per heavy atom. The van der Waals surface area contributed by atoms with E-state index in [0.717, 1.165) is 18.7 Å². The summed E-state index contributed by atoms with van der Waals surface area (Å²) in [4.78, 5) is 6.51. The Morgan fingerprint density at radius 3 is 2.50 bits per heavy atom. The fourth-order valence-electron chi connectivity index (χ4n) is 2.27. The molecular weight excluding hydrogens is 198 g/mol. The summed E-state index contributed by atoms with van der Waals surface area (Å²) < 4.78 is 0. The molecule has 1 fully saturated rings. The van der Waals surface area contributed by atoms with Crippen molar-refractivity contribution in [2.24, 2.45) is 5.73 Å². The number of nitrogens with two attached hydrogens (primary N) is 1. The van der Waals surface area contributed by atoms with E-state index in [0.29, 0.717) is 0 Å². The molecule has 0 aromatic carbocycles. The molecule has 2 rings (SSSR count). The van der Waals surface area contributed by atoms with E-state index in [9.17, 15) is 0 Å². The molecule has 88 valence electrons. The zero-order chi connectivity index (χ0) is 12.0. The lowest BCUT2D eigenvalue weighted by Gasteiger charge is -2.34. The normalized spacial score (nSPS) is 18.3. The van der Waals surface area contributed by atoms with Crippen LogP contribution >= 0.6 is 0 Å². The molecule has 1 saturated carbocycles. The van der Waals surface area contributed by atoms with Gasteiger partial charge in [0.15, 0.2) is 0 Å². The number of anilines is 1. The summed E-state index contributed by atoms with van der Waals surface area (Å²) >= 11 is 0. The molecule has 1 aliphatic carbocycles. The first-order valence-corrected chi connectivity index (χ1v) is 5.80. The summed E-state index contributed by atoms with van der Waals surface area (Å²) in [5, 5.41) is 0. The van der Waals surface area contributed by atoms with Gasteiger partial charge in [0.05, 0.1) is 0 Å². The molecule has 1 aromatic rings. The van der Waals surface area contributed by atoms with Gasteiger partial charge in [-0.05, 0) is 18.9 Å². The van der Waals surface area contributed by atoms with E-state index in [2.05, 4.69) is 29.8 Å². The lowest BCUT2D eigenvalue weighted by molar-refractivity contribution is 0.390. The van der Waals surface area contributed by atoms with Crippen LogP contribution in [-0.2, 0) is 5.41 Å². The number of hydrogen-bond acceptors (Lipinski definition) is 3. The van der Waals surface area contributed by atoms with Crippen LogP contribution in [0.15, 0.2) is 18.3 Å². The van der Waals surface area contributed by atoms with Gasteiger partial charge in [-0.25, -0.2) is 4.98 Å². The molecule has 0 bridgehead atoms. The monoisotopic (exact) mass is 219 g/mol. The van der Waals surface area contributed by atoms with Crippen molar-refractivity contribution in [3.63, 3.8) is 0 Å². The molecule has 1 heterocycles. The summed E-state index contributed by atoms with van der Waals surface area (Å²) in [5.74, 6) is 1.03. The Labute approximate surface area is 97.7 Å². The number of hydrogen-bond donors (Lipinski definition) is 1. The Balaban J connectivity index is 2.47. The van der Waals surface area contributed by atoms with Crippen molar-refractivity contribution in [3.05, 3.63) is 23.9 Å². The smallest absolute Gasteiger partial charge is 0.131 e. The van der Waals surface area contributed by atoms with Crippen molar-refractivity contribution < 1.29 is 0 Å². The van der Waals surface area contributed by atoms with E-state index >= 15 is 0 Å². The molecule has 3 heteroatoms. The van der Waals surface area contributed by atoms with E-state index in [1.165, 1.54) is 5.56 Å². The first-order valence-electron chi connectivity index (χ1n) is 5.80. The maximum absolute atomic E-state index is 6.38. The van der Waals surface area contributed by atoms with Crippen molar-refractivity contribution in [1.82, 2.24) is 4.98 Å². The van der Waals surface area contributed by atoms with Crippen LogP contribution in [0, 0.1) is 0 Å². The van der Waals surface area contributed by atoms with E-state index in [-0.39, 0.29) is 11.0 Å². The first kappa shape index (κ1) is 11.4. The summed E-state index contributed by atoms with van der Waals surface area (Å²) in [6.07, 6.45) is 4.06. The molecule has 0 spiro atoms. The summed E-state index contributed by atoms with van der Waals surface area (Å²) in [5.41, 5.74) is 7.58. The summed E-state index contributed by atoms with van der Waals surface area (Å²) in [6, 6.07) is 4.14. The highest BCUT2D eigenvalue weighted by Crippen LogP contribution is 2.50. The van der Waals surface area contributed by atoms with Crippen molar-refractivity contribution in [1.29, 1.82) is 0 Å². The molecule has 16 heavy (non-hydrogen) atoms. The SMILES string of the molecule is CN(C)c1ncccc1C(C)(C)C1(N)CC1. The lowest BCUT2D eigenvalue weighted by Crippen LogP contribution is -2.44. The Bertz CT molecular complexity index is 392. The van der Waals surface area contributed by atoms with Gasteiger partial charge in [-0.3, -0.25) is 0 Å². The average molecular weight is 219 g/mol. The quantitative estimate of drug-likeness (QED) is 0.844. The number of aromatic nitrogens is 1. The maximum atomic E-state index is 6.38. The molecule has 0 amide bonds. The predicted octanol–water partition coefficient (Wildman–Crippen LogP) is 1.92. The molecule has 1 aromatic heterocycles. The van der Waals surface area contributed by atoms with Crippen LogP contribution in [0.5, 0.6) is 0 Å². The molecule has 0 aliphatic heterocycles. The standard InChI is InChI=1S/C13H21N3/c1-12(2,13(14)7-8-13)10-6-5-9-15-11(10)16(3)4/h5-6,9H,7-8,14H2,1-4H3. The second-order valence-corrected chi connectivity index (χ2v) is 5.55. The molecule has 0 atom stereocenters. The molecular formula is C13H21N3. The third-order valence-electron chi connectivity index (χ3n) is 3.92. The highest BCUT2D eigenvalue weighted by molar-refractivity contribution is 5.51. The van der Waals surface area contributed by atoms with Crippen LogP contribution in [0.3, 0.4) is 0 Å². The van der Waals surface area contributed by atoms with Crippen molar-refractivity contribution in [2.75, 3.05) is 19.0 Å². The molecule has 0 radical (unpaired) electrons. The van der Waals surface area contributed by atoms with Gasteiger partial charge in [0, 0.05) is 36.8 Å². The molecule has 0 unspecified atom stereocenters. The highest BCUT2D eigenvalue weighted by Gasteiger charge is 2.52. The third kappa shape index (κ3) is 1.59. The third-order valence-corrected chi connectivity index (χ3v) is 3.92. The number of rotatable bonds is 3. The van der Waals surface area contributed by atoms with Crippen LogP contribution < -0.4 is 10.6 Å². The lowest BCUT2D eigenvalue weighted by atomic mass is 9.76. The van der Waals surface area contributed by atoms with Gasteiger partial charge < -0.3 is 10.6 Å². The van der Waals surface area contributed by atoms with Gasteiger partial charge in [0.2, 0.25) is 0 Å². The summed E-state index contributed by atoms with van der Waals surface area (Å²) in [7, 11) is 4.05. The average Bonchev–Trinajstić information content (AvgIpc) is 2.98. The van der Waals surface area contributed by atoms with Crippen molar-refractivity contribution in [2.45, 2.75) is 37.6 Å². The van der Waals surface area contributed by atoms with Gasteiger partial charge in [-0.1, -0.05) is 19.9 Å². The number of pyridine rings is 1. The topological polar surface area (TPSA) is 42.2 Å². The fraction of sp³-hybridized carbons (Fsp3) is 0.615. The van der Waals surface area contributed by atoms with Gasteiger partial charge in [0.25, 0.3) is 0 Å².